The topological polar surface area (TPSA) is 9.23 Å². The van der Waals surface area contributed by atoms with Gasteiger partial charge in [0.05, 0.1) is 7.95 Å². The SMILES string of the molecule is [2H][C@H](OCC)c1ccccc1. The van der Waals surface area contributed by atoms with Crippen LogP contribution in [0.2, 0.25) is 0 Å². The maximum atomic E-state index is 7.49. The number of hydrogen-bond acceptors (Lipinski definition) is 1. The van der Waals surface area contributed by atoms with Crippen LogP contribution in [-0.4, -0.2) is 6.61 Å². The summed E-state index contributed by atoms with van der Waals surface area (Å²) in [6, 6.07) is 9.55. The molecule has 1 heteroatoms. The third-order valence-electron chi connectivity index (χ3n) is 1.19. The summed E-state index contributed by atoms with van der Waals surface area (Å²) in [5.41, 5.74) is 0.911. The molecule has 0 spiro atoms. The highest BCUT2D eigenvalue weighted by molar-refractivity contribution is 5.13. The second kappa shape index (κ2) is 4.07. The number of ether oxygens (including phenoxy) is 1. The molecule has 54 valence electrons. The molecule has 0 radical (unpaired) electrons. The van der Waals surface area contributed by atoms with Gasteiger partial charge in [0.25, 0.3) is 0 Å². The Morgan fingerprint density at radius 3 is 2.70 bits per heavy atom. The van der Waals surface area contributed by atoms with Crippen molar-refractivity contribution in [2.75, 3.05) is 6.61 Å². The van der Waals surface area contributed by atoms with E-state index >= 15 is 0 Å². The minimum atomic E-state index is -0.527. The van der Waals surface area contributed by atoms with Crippen LogP contribution in [0.3, 0.4) is 0 Å². The van der Waals surface area contributed by atoms with Gasteiger partial charge >= 0.3 is 0 Å². The van der Waals surface area contributed by atoms with Crippen molar-refractivity contribution in [3.8, 4) is 0 Å². The molecule has 0 saturated carbocycles. The molecule has 0 fully saturated rings. The van der Waals surface area contributed by atoms with Crippen molar-refractivity contribution in [2.45, 2.75) is 13.5 Å². The third kappa shape index (κ3) is 2.19. The van der Waals surface area contributed by atoms with E-state index < -0.39 is 6.58 Å². The highest BCUT2D eigenvalue weighted by Gasteiger charge is 1.86. The van der Waals surface area contributed by atoms with E-state index in [-0.39, 0.29) is 0 Å². The number of rotatable bonds is 3. The first kappa shape index (κ1) is 5.93. The lowest BCUT2D eigenvalue weighted by Gasteiger charge is -1.98. The Morgan fingerprint density at radius 2 is 2.10 bits per heavy atom. The van der Waals surface area contributed by atoms with Gasteiger partial charge in [-0.25, -0.2) is 0 Å². The maximum absolute atomic E-state index is 7.49. The lowest BCUT2D eigenvalue weighted by atomic mass is 10.2. The smallest absolute Gasteiger partial charge is 0.0716 e. The van der Waals surface area contributed by atoms with E-state index in [0.717, 1.165) is 5.56 Å². The summed E-state index contributed by atoms with van der Waals surface area (Å²) in [6.07, 6.45) is 0. The van der Waals surface area contributed by atoms with Crippen molar-refractivity contribution in [3.63, 3.8) is 0 Å². The molecule has 1 rings (SSSR count). The summed E-state index contributed by atoms with van der Waals surface area (Å²) in [4.78, 5) is 0. The second-order valence-electron chi connectivity index (χ2n) is 1.98. The van der Waals surface area contributed by atoms with E-state index in [4.69, 9.17) is 6.11 Å². The van der Waals surface area contributed by atoms with E-state index in [9.17, 15) is 0 Å². The van der Waals surface area contributed by atoms with Gasteiger partial charge in [0.2, 0.25) is 0 Å². The molecule has 0 unspecified atom stereocenters. The fourth-order valence-corrected chi connectivity index (χ4v) is 0.711. The Bertz CT molecular complexity index is 198. The third-order valence-corrected chi connectivity index (χ3v) is 1.19. The lowest BCUT2D eigenvalue weighted by Crippen LogP contribution is -1.90. The molecule has 0 saturated heterocycles. The molecule has 1 atom stereocenters. The fourth-order valence-electron chi connectivity index (χ4n) is 0.711. The largest absolute Gasteiger partial charge is 0.377 e. The van der Waals surface area contributed by atoms with Crippen LogP contribution in [0.5, 0.6) is 0 Å². The number of benzene rings is 1. The van der Waals surface area contributed by atoms with Crippen LogP contribution in [0.15, 0.2) is 30.3 Å². The van der Waals surface area contributed by atoms with Gasteiger partial charge in [0, 0.05) is 6.61 Å². The second-order valence-corrected chi connectivity index (χ2v) is 1.98. The van der Waals surface area contributed by atoms with Crippen LogP contribution in [0.25, 0.3) is 0 Å². The van der Waals surface area contributed by atoms with Gasteiger partial charge in [-0.1, -0.05) is 30.3 Å². The average molecular weight is 137 g/mol. The van der Waals surface area contributed by atoms with Gasteiger partial charge in [-0.05, 0) is 12.5 Å². The molecule has 0 aromatic heterocycles. The van der Waals surface area contributed by atoms with Gasteiger partial charge in [0.15, 0.2) is 0 Å². The van der Waals surface area contributed by atoms with Crippen LogP contribution < -0.4 is 0 Å². The standard InChI is InChI=1S/C9H12O/c1-2-10-8-9-6-4-3-5-7-9/h3-7H,2,8H2,1H3/i8D/t8-/m0/s1. The van der Waals surface area contributed by atoms with Gasteiger partial charge < -0.3 is 4.74 Å². The monoisotopic (exact) mass is 137 g/mol. The molecule has 0 aliphatic carbocycles. The van der Waals surface area contributed by atoms with Gasteiger partial charge in [-0.15, -0.1) is 0 Å². The summed E-state index contributed by atoms with van der Waals surface area (Å²) in [5.74, 6) is 0. The Kier molecular flexibility index (Phi) is 2.41. The van der Waals surface area contributed by atoms with Crippen molar-refractivity contribution in [1.82, 2.24) is 0 Å². The molecule has 0 bridgehead atoms. The van der Waals surface area contributed by atoms with Crippen molar-refractivity contribution < 1.29 is 6.11 Å². The molecule has 0 amide bonds. The summed E-state index contributed by atoms with van der Waals surface area (Å²) < 4.78 is 12.6. The Hall–Kier alpha value is -0.820. The molecule has 0 N–H and O–H groups in total. The van der Waals surface area contributed by atoms with Crippen LogP contribution >= 0.6 is 0 Å². The van der Waals surface area contributed by atoms with E-state index in [0.29, 0.717) is 6.61 Å². The predicted octanol–water partition coefficient (Wildman–Crippen LogP) is 2.22. The average Bonchev–Trinajstić information content (AvgIpc) is 2.07. The molecule has 10 heavy (non-hydrogen) atoms. The molecule has 0 heterocycles. The molecular weight excluding hydrogens is 124 g/mol. The van der Waals surface area contributed by atoms with E-state index in [2.05, 4.69) is 0 Å². The Balaban J connectivity index is 2.61. The molecule has 1 nitrogen and oxygen atoms in total. The van der Waals surface area contributed by atoms with Gasteiger partial charge in [-0.2, -0.15) is 0 Å². The van der Waals surface area contributed by atoms with Gasteiger partial charge in [0.1, 0.15) is 0 Å². The summed E-state index contributed by atoms with van der Waals surface area (Å²) in [6.45, 7) is 1.95. The number of hydrogen-bond donors (Lipinski definition) is 0. The Labute approximate surface area is 63.0 Å². The predicted molar refractivity (Wildman–Crippen MR) is 41.8 cm³/mol. The van der Waals surface area contributed by atoms with Gasteiger partial charge in [-0.3, -0.25) is 0 Å². The van der Waals surface area contributed by atoms with Crippen LogP contribution in [-0.2, 0) is 11.3 Å². The first-order valence-electron chi connectivity index (χ1n) is 4.01. The van der Waals surface area contributed by atoms with Crippen LogP contribution in [0.1, 0.15) is 13.9 Å². The first-order chi connectivity index (χ1) is 5.34. The summed E-state index contributed by atoms with van der Waals surface area (Å²) >= 11 is 0. The van der Waals surface area contributed by atoms with Crippen LogP contribution in [0, 0.1) is 0 Å². The quantitative estimate of drug-likeness (QED) is 0.620. The highest BCUT2D eigenvalue weighted by atomic mass is 16.5. The minimum Gasteiger partial charge on any atom is -0.377 e. The minimum absolute atomic E-state index is 0.527. The normalized spacial score (nSPS) is 14.3. The zero-order valence-corrected chi connectivity index (χ0v) is 6.08. The van der Waals surface area contributed by atoms with Crippen molar-refractivity contribution in [3.05, 3.63) is 35.9 Å². The molecular formula is C9H12O. The van der Waals surface area contributed by atoms with Crippen molar-refractivity contribution >= 4 is 0 Å². The molecule has 0 aliphatic rings. The van der Waals surface area contributed by atoms with Crippen LogP contribution in [0.4, 0.5) is 0 Å². The highest BCUT2D eigenvalue weighted by Crippen LogP contribution is 1.99. The molecule has 1 aromatic carbocycles. The molecule has 0 aliphatic heterocycles. The van der Waals surface area contributed by atoms with Crippen molar-refractivity contribution in [1.29, 1.82) is 0 Å². The fraction of sp³-hybridized carbons (Fsp3) is 0.333. The zero-order valence-electron chi connectivity index (χ0n) is 7.08. The van der Waals surface area contributed by atoms with E-state index in [1.54, 1.807) is 0 Å². The lowest BCUT2D eigenvalue weighted by molar-refractivity contribution is 0.134. The maximum Gasteiger partial charge on any atom is 0.0716 e. The first-order valence-corrected chi connectivity index (χ1v) is 3.43. The van der Waals surface area contributed by atoms with E-state index in [1.165, 1.54) is 0 Å². The van der Waals surface area contributed by atoms with Crippen molar-refractivity contribution in [2.24, 2.45) is 0 Å². The summed E-state index contributed by atoms with van der Waals surface area (Å²) in [7, 11) is 0. The van der Waals surface area contributed by atoms with E-state index in [1.807, 2.05) is 37.3 Å². The Morgan fingerprint density at radius 1 is 1.40 bits per heavy atom. The molecule has 1 aromatic rings. The zero-order chi connectivity index (χ0) is 8.10. The summed E-state index contributed by atoms with van der Waals surface area (Å²) in [5, 5.41) is 0.